The molecule has 1 aromatic heterocycles. The van der Waals surface area contributed by atoms with E-state index in [1.165, 1.54) is 0 Å². The summed E-state index contributed by atoms with van der Waals surface area (Å²) in [5.74, 6) is 0.116. The Morgan fingerprint density at radius 2 is 1.46 bits per heavy atom. The first-order valence-electron chi connectivity index (χ1n) is 9.20. The summed E-state index contributed by atoms with van der Waals surface area (Å²) in [6.45, 7) is 6.33. The van der Waals surface area contributed by atoms with Crippen LogP contribution in [-0.2, 0) is 0 Å². The van der Waals surface area contributed by atoms with Gasteiger partial charge in [-0.05, 0) is 25.8 Å². The molecule has 1 heterocycles. The van der Waals surface area contributed by atoms with Gasteiger partial charge >= 0.3 is 0 Å². The number of nitrogens with one attached hydrogen (secondary N) is 3. The number of carbonyl (C=O) groups is 2. The van der Waals surface area contributed by atoms with Crippen molar-refractivity contribution >= 4 is 23.3 Å². The summed E-state index contributed by atoms with van der Waals surface area (Å²) in [6.07, 6.45) is 2.56. The van der Waals surface area contributed by atoms with Crippen LogP contribution in [0.4, 0.5) is 11.6 Å². The molecular weight excluding hydrogens is 334 g/mol. The molecule has 7 N–H and O–H groups in total. The Hall–Kier alpha value is -2.26. The highest BCUT2D eigenvalue weighted by Gasteiger charge is 2.22. The lowest BCUT2D eigenvalue weighted by Gasteiger charge is -2.15. The number of nitrogens with zero attached hydrogens (tertiary/aromatic N) is 2. The van der Waals surface area contributed by atoms with Crippen molar-refractivity contribution in [3.05, 3.63) is 11.4 Å². The second-order valence-corrected chi connectivity index (χ2v) is 5.83. The lowest BCUT2D eigenvalue weighted by molar-refractivity contribution is 0.0944. The fourth-order valence-electron chi connectivity index (χ4n) is 2.17. The number of hydrogen-bond acceptors (Lipinski definition) is 8. The third kappa shape index (κ3) is 6.57. The maximum Gasteiger partial charge on any atom is 0.273 e. The number of hydrogen-bond donors (Lipinski definition) is 5. The van der Waals surface area contributed by atoms with E-state index in [-0.39, 0.29) is 29.5 Å². The molecule has 0 saturated carbocycles. The number of rotatable bonds is 13. The number of nitrogens with two attached hydrogens (primary N) is 2. The van der Waals surface area contributed by atoms with Crippen LogP contribution in [0.2, 0.25) is 0 Å². The lowest BCUT2D eigenvalue weighted by atomic mass is 10.1. The van der Waals surface area contributed by atoms with E-state index in [1.807, 2.05) is 13.8 Å². The van der Waals surface area contributed by atoms with Crippen LogP contribution < -0.4 is 27.4 Å². The van der Waals surface area contributed by atoms with Crippen LogP contribution in [0.1, 0.15) is 60.5 Å². The van der Waals surface area contributed by atoms with E-state index >= 15 is 0 Å². The second-order valence-electron chi connectivity index (χ2n) is 5.83. The van der Waals surface area contributed by atoms with Gasteiger partial charge in [-0.15, -0.1) is 0 Å². The largest absolute Gasteiger partial charge is 0.368 e. The Kier molecular flexibility index (Phi) is 10.2. The SMILES string of the molecule is CCCNc1nc(C(=O)NCCN)c(NCCC)nc1C(=O)CCCN. The van der Waals surface area contributed by atoms with E-state index in [2.05, 4.69) is 25.9 Å². The van der Waals surface area contributed by atoms with Crippen molar-refractivity contribution in [3.8, 4) is 0 Å². The minimum absolute atomic E-state index is 0.144. The molecule has 0 bridgehead atoms. The highest BCUT2D eigenvalue weighted by Crippen LogP contribution is 2.20. The molecule has 9 heteroatoms. The van der Waals surface area contributed by atoms with Crippen molar-refractivity contribution in [2.24, 2.45) is 11.5 Å². The minimum Gasteiger partial charge on any atom is -0.368 e. The molecule has 0 spiro atoms. The van der Waals surface area contributed by atoms with Gasteiger partial charge in [0.15, 0.2) is 28.8 Å². The van der Waals surface area contributed by atoms with Crippen molar-refractivity contribution in [1.29, 1.82) is 0 Å². The molecule has 0 radical (unpaired) electrons. The summed E-state index contributed by atoms with van der Waals surface area (Å²) in [6, 6.07) is 0. The molecule has 0 aliphatic carbocycles. The number of anilines is 2. The Balaban J connectivity index is 3.28. The maximum atomic E-state index is 12.5. The maximum absolute atomic E-state index is 12.5. The van der Waals surface area contributed by atoms with E-state index in [4.69, 9.17) is 11.5 Å². The third-order valence-electron chi connectivity index (χ3n) is 3.50. The van der Waals surface area contributed by atoms with Crippen LogP contribution in [0.15, 0.2) is 0 Å². The van der Waals surface area contributed by atoms with Gasteiger partial charge in [0.05, 0.1) is 0 Å². The summed E-state index contributed by atoms with van der Waals surface area (Å²) in [7, 11) is 0. The van der Waals surface area contributed by atoms with Crippen LogP contribution in [0.25, 0.3) is 0 Å². The molecule has 0 aliphatic heterocycles. The van der Waals surface area contributed by atoms with Crippen LogP contribution in [0.3, 0.4) is 0 Å². The number of carbonyl (C=O) groups excluding carboxylic acids is 2. The van der Waals surface area contributed by atoms with E-state index in [9.17, 15) is 9.59 Å². The standard InChI is InChI=1S/C17H31N7O2/c1-3-9-20-15-13(12(25)6-5-7-18)23-16(21-10-4-2)14(24-15)17(26)22-11-8-19/h3-11,18-19H2,1-2H3,(H,20,24)(H,21,23)(H,22,26). The fourth-order valence-corrected chi connectivity index (χ4v) is 2.17. The Bertz CT molecular complexity index is 541. The molecule has 1 rings (SSSR count). The summed E-state index contributed by atoms with van der Waals surface area (Å²) < 4.78 is 0. The molecule has 9 nitrogen and oxygen atoms in total. The van der Waals surface area contributed by atoms with Crippen LogP contribution in [0.5, 0.6) is 0 Å². The first-order chi connectivity index (χ1) is 12.6. The zero-order chi connectivity index (χ0) is 19.4. The average molecular weight is 365 g/mol. The van der Waals surface area contributed by atoms with Gasteiger partial charge in [-0.25, -0.2) is 9.97 Å². The van der Waals surface area contributed by atoms with E-state index in [0.29, 0.717) is 50.8 Å². The quantitative estimate of drug-likeness (QED) is 0.321. The molecule has 0 fully saturated rings. The predicted molar refractivity (Wildman–Crippen MR) is 104 cm³/mol. The van der Waals surface area contributed by atoms with Gasteiger partial charge in [0.2, 0.25) is 0 Å². The van der Waals surface area contributed by atoms with Crippen molar-refractivity contribution in [3.63, 3.8) is 0 Å². The average Bonchev–Trinajstić information content (AvgIpc) is 2.66. The Morgan fingerprint density at radius 1 is 0.885 bits per heavy atom. The molecule has 0 aromatic carbocycles. The molecule has 0 saturated heterocycles. The molecule has 0 unspecified atom stereocenters. The molecular formula is C17H31N7O2. The van der Waals surface area contributed by atoms with Crippen LogP contribution in [-0.4, -0.2) is 54.4 Å². The van der Waals surface area contributed by atoms with Gasteiger partial charge in [-0.2, -0.15) is 0 Å². The summed E-state index contributed by atoms with van der Waals surface area (Å²) in [5, 5.41) is 8.88. The lowest BCUT2D eigenvalue weighted by Crippen LogP contribution is -2.31. The van der Waals surface area contributed by atoms with Gasteiger partial charge in [0, 0.05) is 32.6 Å². The zero-order valence-corrected chi connectivity index (χ0v) is 15.7. The number of ketones is 1. The highest BCUT2D eigenvalue weighted by molar-refractivity contribution is 6.02. The van der Waals surface area contributed by atoms with Gasteiger partial charge < -0.3 is 27.4 Å². The highest BCUT2D eigenvalue weighted by atomic mass is 16.2. The van der Waals surface area contributed by atoms with Gasteiger partial charge in [-0.1, -0.05) is 13.8 Å². The van der Waals surface area contributed by atoms with Gasteiger partial charge in [0.25, 0.3) is 5.91 Å². The van der Waals surface area contributed by atoms with Crippen LogP contribution in [0, 0.1) is 0 Å². The van der Waals surface area contributed by atoms with Gasteiger partial charge in [-0.3, -0.25) is 9.59 Å². The topological polar surface area (TPSA) is 148 Å². The normalized spacial score (nSPS) is 10.5. The first kappa shape index (κ1) is 21.8. The summed E-state index contributed by atoms with van der Waals surface area (Å²) >= 11 is 0. The summed E-state index contributed by atoms with van der Waals surface area (Å²) in [5.41, 5.74) is 11.3. The Labute approximate surface area is 154 Å². The predicted octanol–water partition coefficient (Wildman–Crippen LogP) is 0.731. The van der Waals surface area contributed by atoms with Gasteiger partial charge in [0.1, 0.15) is 0 Å². The van der Waals surface area contributed by atoms with E-state index in [0.717, 1.165) is 12.8 Å². The second kappa shape index (κ2) is 12.2. The molecule has 0 atom stereocenters. The van der Waals surface area contributed by atoms with Crippen molar-refractivity contribution < 1.29 is 9.59 Å². The zero-order valence-electron chi connectivity index (χ0n) is 15.7. The van der Waals surface area contributed by atoms with Crippen molar-refractivity contribution in [2.45, 2.75) is 39.5 Å². The number of aromatic nitrogens is 2. The smallest absolute Gasteiger partial charge is 0.273 e. The minimum atomic E-state index is -0.373. The van der Waals surface area contributed by atoms with Crippen LogP contribution >= 0.6 is 0 Å². The van der Waals surface area contributed by atoms with E-state index in [1.54, 1.807) is 0 Å². The summed E-state index contributed by atoms with van der Waals surface area (Å²) in [4.78, 5) is 33.8. The van der Waals surface area contributed by atoms with Crippen molar-refractivity contribution in [2.75, 3.05) is 43.4 Å². The molecule has 1 aromatic rings. The first-order valence-corrected chi connectivity index (χ1v) is 9.20. The third-order valence-corrected chi connectivity index (χ3v) is 3.50. The van der Waals surface area contributed by atoms with E-state index < -0.39 is 0 Å². The number of Topliss-reactive ketones (excluding diaryl/α,β-unsaturated/α-hetero) is 1. The fraction of sp³-hybridized carbons (Fsp3) is 0.647. The molecule has 0 aliphatic rings. The molecule has 26 heavy (non-hydrogen) atoms. The monoisotopic (exact) mass is 365 g/mol. The Morgan fingerprint density at radius 3 is 2.00 bits per heavy atom. The molecule has 146 valence electrons. The number of amides is 1. The molecule has 1 amide bonds. The van der Waals surface area contributed by atoms with Crippen molar-refractivity contribution in [1.82, 2.24) is 15.3 Å².